The molecule has 0 bridgehead atoms. The maximum Gasteiger partial charge on any atom is 0.299 e. The van der Waals surface area contributed by atoms with Gasteiger partial charge in [-0.05, 0) is 53.9 Å². The van der Waals surface area contributed by atoms with E-state index in [1.165, 1.54) is 27.9 Å². The van der Waals surface area contributed by atoms with E-state index >= 15 is 0 Å². The smallest absolute Gasteiger partial charge is 0.285 e. The molecule has 0 N–H and O–H groups in total. The van der Waals surface area contributed by atoms with Crippen LogP contribution in [0, 0.1) is 3.95 Å². The Kier molecular flexibility index (Phi) is 4.94. The van der Waals surface area contributed by atoms with Crippen molar-refractivity contribution in [3.8, 4) is 5.69 Å². The van der Waals surface area contributed by atoms with Gasteiger partial charge in [0.25, 0.3) is 5.56 Å². The van der Waals surface area contributed by atoms with Crippen LogP contribution in [0.2, 0.25) is 0 Å². The molecule has 1 aliphatic carbocycles. The van der Waals surface area contributed by atoms with E-state index in [2.05, 4.69) is 16.2 Å². The summed E-state index contributed by atoms with van der Waals surface area (Å²) in [5, 5.41) is 5.05. The van der Waals surface area contributed by atoms with Gasteiger partial charge in [0, 0.05) is 5.69 Å². The van der Waals surface area contributed by atoms with Crippen molar-refractivity contribution in [1.82, 2.24) is 14.2 Å². The van der Waals surface area contributed by atoms with E-state index in [-0.39, 0.29) is 5.56 Å². The number of fused-ring (bicyclic) bond motifs is 2. The standard InChI is InChI=1S/C22H15ClN4OS2/c23-18-15(11-10-14-6-4-5-9-17(14)18)12-25-26-13-24-20-19(21(26)28)27(22(29)30-20)16-7-2-1-3-8-16/h1-9,12-13H,10-11H2/b25-12+. The van der Waals surface area contributed by atoms with Gasteiger partial charge in [0.2, 0.25) is 0 Å². The minimum atomic E-state index is -0.277. The zero-order valence-corrected chi connectivity index (χ0v) is 18.0. The van der Waals surface area contributed by atoms with Gasteiger partial charge in [-0.15, -0.1) is 0 Å². The number of aromatic nitrogens is 3. The molecule has 30 heavy (non-hydrogen) atoms. The molecule has 2 heterocycles. The van der Waals surface area contributed by atoms with Crippen molar-refractivity contribution in [2.45, 2.75) is 12.8 Å². The molecule has 8 heteroatoms. The van der Waals surface area contributed by atoms with Crippen LogP contribution in [0.5, 0.6) is 0 Å². The average molecular weight is 451 g/mol. The SMILES string of the molecule is O=c1c2c(ncn1/N=C/C1=C(Cl)c3ccccc3CC1)sc(=S)n2-c1ccccc1. The van der Waals surface area contributed by atoms with Gasteiger partial charge in [-0.1, -0.05) is 65.4 Å². The third-order valence-electron chi connectivity index (χ3n) is 5.04. The van der Waals surface area contributed by atoms with Crippen LogP contribution < -0.4 is 5.56 Å². The normalized spacial score (nSPS) is 13.9. The van der Waals surface area contributed by atoms with E-state index in [0.717, 1.165) is 29.7 Å². The van der Waals surface area contributed by atoms with E-state index in [4.69, 9.17) is 23.8 Å². The van der Waals surface area contributed by atoms with Gasteiger partial charge >= 0.3 is 0 Å². The summed E-state index contributed by atoms with van der Waals surface area (Å²) in [5.74, 6) is 0. The van der Waals surface area contributed by atoms with Gasteiger partial charge in [0.1, 0.15) is 6.33 Å². The molecule has 5 rings (SSSR count). The number of nitrogens with zero attached hydrogens (tertiary/aromatic N) is 4. The summed E-state index contributed by atoms with van der Waals surface area (Å²) in [6, 6.07) is 17.6. The summed E-state index contributed by atoms with van der Waals surface area (Å²) in [5.41, 5.74) is 4.10. The molecule has 0 saturated heterocycles. The highest BCUT2D eigenvalue weighted by Crippen LogP contribution is 2.33. The van der Waals surface area contributed by atoms with Gasteiger partial charge in [-0.3, -0.25) is 9.36 Å². The lowest BCUT2D eigenvalue weighted by Gasteiger charge is -2.17. The Balaban J connectivity index is 1.61. The number of allylic oxidation sites excluding steroid dienone is 1. The van der Waals surface area contributed by atoms with Gasteiger partial charge in [-0.25, -0.2) is 4.98 Å². The molecule has 2 aromatic heterocycles. The Morgan fingerprint density at radius 1 is 1.10 bits per heavy atom. The molecule has 5 nitrogen and oxygen atoms in total. The summed E-state index contributed by atoms with van der Waals surface area (Å²) in [4.78, 5) is 18.2. The summed E-state index contributed by atoms with van der Waals surface area (Å²) in [7, 11) is 0. The predicted molar refractivity (Wildman–Crippen MR) is 125 cm³/mol. The number of aryl methyl sites for hydroxylation is 1. The molecule has 0 fully saturated rings. The summed E-state index contributed by atoms with van der Waals surface area (Å²) < 4.78 is 3.55. The molecule has 0 aliphatic heterocycles. The number of halogens is 1. The van der Waals surface area contributed by atoms with Crippen LogP contribution in [0.4, 0.5) is 0 Å². The Morgan fingerprint density at radius 2 is 1.87 bits per heavy atom. The minimum absolute atomic E-state index is 0.277. The molecule has 2 aromatic carbocycles. The molecule has 0 amide bonds. The maximum atomic E-state index is 13.2. The van der Waals surface area contributed by atoms with Gasteiger partial charge in [0.05, 0.1) is 11.2 Å². The van der Waals surface area contributed by atoms with Crippen molar-refractivity contribution in [1.29, 1.82) is 0 Å². The second-order valence-electron chi connectivity index (χ2n) is 6.83. The first-order valence-electron chi connectivity index (χ1n) is 9.33. The van der Waals surface area contributed by atoms with Crippen LogP contribution in [-0.4, -0.2) is 20.4 Å². The van der Waals surface area contributed by atoms with Crippen LogP contribution in [0.15, 0.2) is 76.4 Å². The van der Waals surface area contributed by atoms with Crippen molar-refractivity contribution in [3.63, 3.8) is 0 Å². The lowest BCUT2D eigenvalue weighted by molar-refractivity contribution is 0.808. The highest BCUT2D eigenvalue weighted by molar-refractivity contribution is 7.73. The molecule has 0 saturated carbocycles. The zero-order chi connectivity index (χ0) is 20.7. The first-order chi connectivity index (χ1) is 14.6. The monoisotopic (exact) mass is 450 g/mol. The fourth-order valence-electron chi connectivity index (χ4n) is 3.56. The van der Waals surface area contributed by atoms with E-state index in [9.17, 15) is 4.79 Å². The molecular formula is C22H15ClN4OS2. The van der Waals surface area contributed by atoms with Gasteiger partial charge < -0.3 is 0 Å². The van der Waals surface area contributed by atoms with Crippen molar-refractivity contribution >= 4 is 56.7 Å². The lowest BCUT2D eigenvalue weighted by Crippen LogP contribution is -2.19. The zero-order valence-electron chi connectivity index (χ0n) is 15.7. The quantitative estimate of drug-likeness (QED) is 0.310. The Bertz CT molecular complexity index is 1450. The van der Waals surface area contributed by atoms with Crippen molar-refractivity contribution < 1.29 is 0 Å². The fraction of sp³-hybridized carbons (Fsp3) is 0.0909. The Hall–Kier alpha value is -2.87. The van der Waals surface area contributed by atoms with E-state index < -0.39 is 0 Å². The number of hydrogen-bond acceptors (Lipinski definition) is 5. The molecule has 0 unspecified atom stereocenters. The largest absolute Gasteiger partial charge is 0.299 e. The van der Waals surface area contributed by atoms with Crippen LogP contribution >= 0.6 is 35.2 Å². The number of hydrogen-bond donors (Lipinski definition) is 0. The number of rotatable bonds is 3. The second-order valence-corrected chi connectivity index (χ2v) is 8.83. The summed E-state index contributed by atoms with van der Waals surface area (Å²) in [6.45, 7) is 0. The van der Waals surface area contributed by atoms with E-state index in [1.807, 2.05) is 48.5 Å². The molecular weight excluding hydrogens is 436 g/mol. The molecule has 0 radical (unpaired) electrons. The molecule has 0 atom stereocenters. The topological polar surface area (TPSA) is 52.2 Å². The predicted octanol–water partition coefficient (Wildman–Crippen LogP) is 5.41. The minimum Gasteiger partial charge on any atom is -0.285 e. The summed E-state index contributed by atoms with van der Waals surface area (Å²) in [6.07, 6.45) is 4.73. The molecule has 4 aromatic rings. The Morgan fingerprint density at radius 3 is 2.70 bits per heavy atom. The maximum absolute atomic E-state index is 13.2. The third kappa shape index (κ3) is 3.25. The lowest BCUT2D eigenvalue weighted by atomic mass is 9.92. The number of benzene rings is 2. The average Bonchev–Trinajstić information content (AvgIpc) is 3.12. The highest BCUT2D eigenvalue weighted by atomic mass is 35.5. The van der Waals surface area contributed by atoms with Crippen LogP contribution in [0.3, 0.4) is 0 Å². The molecule has 0 spiro atoms. The number of para-hydroxylation sites is 1. The third-order valence-corrected chi connectivity index (χ3v) is 6.77. The first-order valence-corrected chi connectivity index (χ1v) is 10.9. The Labute approximate surface area is 186 Å². The van der Waals surface area contributed by atoms with Gasteiger partial charge in [0.15, 0.2) is 14.3 Å². The van der Waals surface area contributed by atoms with Gasteiger partial charge in [-0.2, -0.15) is 9.78 Å². The van der Waals surface area contributed by atoms with Crippen molar-refractivity contribution in [2.75, 3.05) is 0 Å². The van der Waals surface area contributed by atoms with Crippen LogP contribution in [0.25, 0.3) is 21.1 Å². The fourth-order valence-corrected chi connectivity index (χ4v) is 5.15. The van der Waals surface area contributed by atoms with Crippen LogP contribution in [-0.2, 0) is 6.42 Å². The highest BCUT2D eigenvalue weighted by Gasteiger charge is 2.17. The first kappa shape index (κ1) is 19.1. The number of thiazole rings is 1. The molecule has 1 aliphatic rings. The van der Waals surface area contributed by atoms with Crippen molar-refractivity contribution in [2.24, 2.45) is 5.10 Å². The van der Waals surface area contributed by atoms with E-state index in [1.54, 1.807) is 10.8 Å². The van der Waals surface area contributed by atoms with E-state index in [0.29, 0.717) is 19.3 Å². The molecule has 148 valence electrons. The van der Waals surface area contributed by atoms with Crippen molar-refractivity contribution in [3.05, 3.63) is 91.9 Å². The summed E-state index contributed by atoms with van der Waals surface area (Å²) >= 11 is 13.4. The second kappa shape index (κ2) is 7.75. The van der Waals surface area contributed by atoms with Crippen LogP contribution in [0.1, 0.15) is 17.5 Å².